The van der Waals surface area contributed by atoms with Crippen molar-refractivity contribution < 1.29 is 0 Å². The molecular formula is C13H20ClN3. The molecule has 4 heteroatoms. The van der Waals surface area contributed by atoms with Gasteiger partial charge in [-0.2, -0.15) is 0 Å². The molecule has 1 aromatic rings. The first kappa shape index (κ1) is 12.7. The van der Waals surface area contributed by atoms with Gasteiger partial charge < -0.3 is 5.32 Å². The second-order valence-corrected chi connectivity index (χ2v) is 5.43. The van der Waals surface area contributed by atoms with Crippen LogP contribution in [0.3, 0.4) is 0 Å². The molecule has 0 amide bonds. The van der Waals surface area contributed by atoms with Crippen LogP contribution in [-0.4, -0.2) is 30.0 Å². The molecule has 2 rings (SSSR count). The fourth-order valence-corrected chi connectivity index (χ4v) is 2.49. The lowest BCUT2D eigenvalue weighted by molar-refractivity contribution is 0.312. The Balaban J connectivity index is 2.08. The van der Waals surface area contributed by atoms with E-state index in [2.05, 4.69) is 29.0 Å². The highest BCUT2D eigenvalue weighted by Crippen LogP contribution is 2.25. The van der Waals surface area contributed by atoms with Gasteiger partial charge >= 0.3 is 0 Å². The molecule has 0 spiro atoms. The summed E-state index contributed by atoms with van der Waals surface area (Å²) in [6.45, 7) is 7.75. The van der Waals surface area contributed by atoms with Crippen molar-refractivity contribution >= 4 is 17.4 Å². The van der Waals surface area contributed by atoms with E-state index in [1.54, 1.807) is 0 Å². The molecule has 0 saturated carbocycles. The maximum atomic E-state index is 6.19. The summed E-state index contributed by atoms with van der Waals surface area (Å²) in [5.41, 5.74) is 0.972. The highest BCUT2D eigenvalue weighted by Gasteiger charge is 2.26. The van der Waals surface area contributed by atoms with Gasteiger partial charge in [-0.05, 0) is 24.0 Å². The number of nitrogens with one attached hydrogen (secondary N) is 1. The highest BCUT2D eigenvalue weighted by atomic mass is 35.5. The van der Waals surface area contributed by atoms with E-state index in [1.807, 2.05) is 19.2 Å². The molecule has 17 heavy (non-hydrogen) atoms. The zero-order valence-electron chi connectivity index (χ0n) is 10.7. The first-order valence-electron chi connectivity index (χ1n) is 6.15. The van der Waals surface area contributed by atoms with Crippen LogP contribution in [0.1, 0.15) is 19.5 Å². The van der Waals surface area contributed by atoms with Gasteiger partial charge in [-0.25, -0.2) is 4.98 Å². The van der Waals surface area contributed by atoms with Crippen LogP contribution in [0, 0.1) is 11.8 Å². The normalized spacial score (nSPS) is 25.2. The van der Waals surface area contributed by atoms with Crippen LogP contribution < -0.4 is 5.32 Å². The average molecular weight is 254 g/mol. The Hall–Kier alpha value is -0.800. The SMILES string of the molecule is CNc1ccc(Cl)c(CN2CC(C)C(C)C2)n1. The molecule has 1 aliphatic heterocycles. The predicted molar refractivity (Wildman–Crippen MR) is 72.4 cm³/mol. The fourth-order valence-electron chi connectivity index (χ4n) is 2.32. The summed E-state index contributed by atoms with van der Waals surface area (Å²) in [6.07, 6.45) is 0. The summed E-state index contributed by atoms with van der Waals surface area (Å²) in [7, 11) is 1.88. The minimum atomic E-state index is 0.760. The Morgan fingerprint density at radius 3 is 2.59 bits per heavy atom. The number of rotatable bonds is 3. The van der Waals surface area contributed by atoms with Crippen LogP contribution in [0.2, 0.25) is 5.02 Å². The van der Waals surface area contributed by atoms with Crippen molar-refractivity contribution in [2.45, 2.75) is 20.4 Å². The van der Waals surface area contributed by atoms with Crippen LogP contribution >= 0.6 is 11.6 Å². The third kappa shape index (κ3) is 2.90. The number of nitrogens with zero attached hydrogens (tertiary/aromatic N) is 2. The van der Waals surface area contributed by atoms with Gasteiger partial charge in [-0.15, -0.1) is 0 Å². The Morgan fingerprint density at radius 2 is 2.00 bits per heavy atom. The summed E-state index contributed by atoms with van der Waals surface area (Å²) in [4.78, 5) is 6.95. The van der Waals surface area contributed by atoms with Crippen molar-refractivity contribution in [2.75, 3.05) is 25.5 Å². The van der Waals surface area contributed by atoms with E-state index in [4.69, 9.17) is 11.6 Å². The van der Waals surface area contributed by atoms with E-state index in [0.29, 0.717) is 0 Å². The number of anilines is 1. The smallest absolute Gasteiger partial charge is 0.126 e. The van der Waals surface area contributed by atoms with Gasteiger partial charge in [0, 0.05) is 26.7 Å². The second-order valence-electron chi connectivity index (χ2n) is 5.02. The summed E-state index contributed by atoms with van der Waals surface area (Å²) >= 11 is 6.19. The fraction of sp³-hybridized carbons (Fsp3) is 0.615. The van der Waals surface area contributed by atoms with E-state index < -0.39 is 0 Å². The molecule has 1 N–H and O–H groups in total. The zero-order chi connectivity index (χ0) is 12.4. The third-order valence-corrected chi connectivity index (χ3v) is 3.96. The van der Waals surface area contributed by atoms with Crippen LogP contribution in [0.25, 0.3) is 0 Å². The van der Waals surface area contributed by atoms with Crippen molar-refractivity contribution in [1.29, 1.82) is 0 Å². The Kier molecular flexibility index (Phi) is 3.89. The van der Waals surface area contributed by atoms with Gasteiger partial charge in [0.25, 0.3) is 0 Å². The number of pyridine rings is 1. The molecule has 2 atom stereocenters. The molecule has 0 aromatic carbocycles. The Labute approximate surface area is 108 Å². The van der Waals surface area contributed by atoms with Crippen molar-refractivity contribution in [3.8, 4) is 0 Å². The van der Waals surface area contributed by atoms with Gasteiger partial charge in [0.1, 0.15) is 5.82 Å². The number of hydrogen-bond acceptors (Lipinski definition) is 3. The van der Waals surface area contributed by atoms with Crippen molar-refractivity contribution in [1.82, 2.24) is 9.88 Å². The lowest BCUT2D eigenvalue weighted by atomic mass is 10.0. The molecule has 0 bridgehead atoms. The second kappa shape index (κ2) is 5.23. The molecule has 3 nitrogen and oxygen atoms in total. The average Bonchev–Trinajstić information content (AvgIpc) is 2.61. The molecule has 2 unspecified atom stereocenters. The maximum Gasteiger partial charge on any atom is 0.126 e. The van der Waals surface area contributed by atoms with E-state index in [-0.39, 0.29) is 0 Å². The van der Waals surface area contributed by atoms with Crippen molar-refractivity contribution in [3.05, 3.63) is 22.8 Å². The minimum absolute atomic E-state index is 0.760. The van der Waals surface area contributed by atoms with Gasteiger partial charge in [0.15, 0.2) is 0 Å². The molecule has 1 aromatic heterocycles. The quantitative estimate of drug-likeness (QED) is 0.898. The molecule has 1 fully saturated rings. The summed E-state index contributed by atoms with van der Waals surface area (Å²) in [6, 6.07) is 3.82. The van der Waals surface area contributed by atoms with E-state index in [0.717, 1.165) is 48.0 Å². The van der Waals surface area contributed by atoms with Crippen molar-refractivity contribution in [3.63, 3.8) is 0 Å². The number of halogens is 1. The molecular weight excluding hydrogens is 234 g/mol. The molecule has 1 aliphatic rings. The van der Waals surface area contributed by atoms with Crippen LogP contribution in [0.15, 0.2) is 12.1 Å². The summed E-state index contributed by atoms with van der Waals surface area (Å²) < 4.78 is 0. The van der Waals surface area contributed by atoms with Gasteiger partial charge in [-0.3, -0.25) is 4.90 Å². The third-order valence-electron chi connectivity index (χ3n) is 3.61. The van der Waals surface area contributed by atoms with Crippen LogP contribution in [0.5, 0.6) is 0 Å². The lowest BCUT2D eigenvalue weighted by Crippen LogP contribution is -2.21. The molecule has 94 valence electrons. The largest absolute Gasteiger partial charge is 0.373 e. The standard InChI is InChI=1S/C13H20ClN3/c1-9-6-17(7-10(9)2)8-12-11(14)4-5-13(15-3)16-12/h4-5,9-10H,6-8H2,1-3H3,(H,15,16). The van der Waals surface area contributed by atoms with Gasteiger partial charge in [-0.1, -0.05) is 25.4 Å². The monoisotopic (exact) mass is 253 g/mol. The first-order chi connectivity index (χ1) is 8.10. The van der Waals surface area contributed by atoms with E-state index in [9.17, 15) is 0 Å². The Bertz CT molecular complexity index is 384. The van der Waals surface area contributed by atoms with E-state index in [1.165, 1.54) is 0 Å². The topological polar surface area (TPSA) is 28.2 Å². The number of likely N-dealkylation sites (tertiary alicyclic amines) is 1. The highest BCUT2D eigenvalue weighted by molar-refractivity contribution is 6.31. The van der Waals surface area contributed by atoms with Gasteiger partial charge in [0.2, 0.25) is 0 Å². The minimum Gasteiger partial charge on any atom is -0.373 e. The van der Waals surface area contributed by atoms with Crippen molar-refractivity contribution in [2.24, 2.45) is 11.8 Å². The maximum absolute atomic E-state index is 6.19. The number of aromatic nitrogens is 1. The number of hydrogen-bond donors (Lipinski definition) is 1. The molecule has 2 heterocycles. The lowest BCUT2D eigenvalue weighted by Gasteiger charge is -2.16. The summed E-state index contributed by atoms with van der Waals surface area (Å²) in [5.74, 6) is 2.41. The van der Waals surface area contributed by atoms with Gasteiger partial charge in [0.05, 0.1) is 10.7 Å². The zero-order valence-corrected chi connectivity index (χ0v) is 11.5. The Morgan fingerprint density at radius 1 is 1.35 bits per heavy atom. The molecule has 1 saturated heterocycles. The molecule has 0 radical (unpaired) electrons. The molecule has 0 aliphatic carbocycles. The predicted octanol–water partition coefficient (Wildman–Crippen LogP) is 2.86. The van der Waals surface area contributed by atoms with Crippen LogP contribution in [-0.2, 0) is 6.54 Å². The summed E-state index contributed by atoms with van der Waals surface area (Å²) in [5, 5.41) is 3.81. The van der Waals surface area contributed by atoms with E-state index >= 15 is 0 Å². The first-order valence-corrected chi connectivity index (χ1v) is 6.53. The van der Waals surface area contributed by atoms with Crippen LogP contribution in [0.4, 0.5) is 5.82 Å².